The summed E-state index contributed by atoms with van der Waals surface area (Å²) in [5.41, 5.74) is 2.48. The second kappa shape index (κ2) is 17.9. The molecule has 0 aliphatic rings. The molecule has 0 fully saturated rings. The van der Waals surface area contributed by atoms with Crippen LogP contribution < -0.4 is 0 Å². The zero-order chi connectivity index (χ0) is 21.9. The number of benzene rings is 1. The molecule has 0 aliphatic carbocycles. The number of rotatable bonds is 17. The molecule has 0 amide bonds. The average molecular weight is 414 g/mol. The zero-order valence-corrected chi connectivity index (χ0v) is 19.6. The van der Waals surface area contributed by atoms with Crippen molar-refractivity contribution in [3.63, 3.8) is 0 Å². The van der Waals surface area contributed by atoms with Crippen LogP contribution in [0.25, 0.3) is 0 Å². The van der Waals surface area contributed by atoms with Crippen molar-refractivity contribution < 1.29 is 9.53 Å². The molecular formula is C27H43NO2. The summed E-state index contributed by atoms with van der Waals surface area (Å²) in [6, 6.07) is 8.94. The Morgan fingerprint density at radius 2 is 1.80 bits per heavy atom. The largest absolute Gasteiger partial charge is 0.469 e. The first kappa shape index (κ1) is 26.1. The molecule has 3 nitrogen and oxygen atoms in total. The van der Waals surface area contributed by atoms with Gasteiger partial charge >= 0.3 is 5.97 Å². The number of hydrogen-bond donors (Lipinski definition) is 0. The molecule has 1 aromatic carbocycles. The number of unbranched alkanes of at least 4 members (excludes halogenated alkanes) is 8. The fourth-order valence-corrected chi connectivity index (χ4v) is 3.54. The standard InChI is InChI=1S/C27H43NO2/c1-4-5-6-13-19-26(28-23-25-18-16-17-24(2)22-25)20-14-11-9-7-8-10-12-15-21-27(29)30-3/h11,14,16-18,22-23,26H,4-10,12-13,15,19-21H2,1-3H3/b14-11-,28-23?. The third-order valence-corrected chi connectivity index (χ3v) is 5.42. The van der Waals surface area contributed by atoms with Crippen LogP contribution in [0.2, 0.25) is 0 Å². The summed E-state index contributed by atoms with van der Waals surface area (Å²) in [6.45, 7) is 4.39. The number of allylic oxidation sites excluding steroid dienone is 1. The highest BCUT2D eigenvalue weighted by Crippen LogP contribution is 2.14. The molecule has 0 spiro atoms. The van der Waals surface area contributed by atoms with Gasteiger partial charge in [0.25, 0.3) is 0 Å². The lowest BCUT2D eigenvalue weighted by Gasteiger charge is -2.10. The van der Waals surface area contributed by atoms with E-state index in [0.29, 0.717) is 12.5 Å². The lowest BCUT2D eigenvalue weighted by atomic mass is 10.0. The van der Waals surface area contributed by atoms with Crippen molar-refractivity contribution in [2.24, 2.45) is 4.99 Å². The van der Waals surface area contributed by atoms with E-state index < -0.39 is 0 Å². The van der Waals surface area contributed by atoms with Gasteiger partial charge < -0.3 is 4.74 Å². The van der Waals surface area contributed by atoms with E-state index in [-0.39, 0.29) is 5.97 Å². The molecule has 0 radical (unpaired) electrons. The molecule has 1 atom stereocenters. The third-order valence-electron chi connectivity index (χ3n) is 5.42. The lowest BCUT2D eigenvalue weighted by molar-refractivity contribution is -0.140. The number of carbonyl (C=O) groups is 1. The maximum Gasteiger partial charge on any atom is 0.305 e. The third kappa shape index (κ3) is 14.1. The second-order valence-corrected chi connectivity index (χ2v) is 8.29. The van der Waals surface area contributed by atoms with Crippen LogP contribution in [0, 0.1) is 6.92 Å². The maximum atomic E-state index is 11.1. The molecule has 3 heteroatoms. The second-order valence-electron chi connectivity index (χ2n) is 8.29. The van der Waals surface area contributed by atoms with Crippen molar-refractivity contribution in [1.29, 1.82) is 0 Å². The summed E-state index contributed by atoms with van der Waals surface area (Å²) in [4.78, 5) is 16.0. The monoisotopic (exact) mass is 413 g/mol. The zero-order valence-electron chi connectivity index (χ0n) is 19.6. The Morgan fingerprint density at radius 1 is 1.03 bits per heavy atom. The van der Waals surface area contributed by atoms with Gasteiger partial charge in [-0.1, -0.05) is 93.9 Å². The number of hydrogen-bond acceptors (Lipinski definition) is 3. The van der Waals surface area contributed by atoms with Crippen LogP contribution in [-0.2, 0) is 9.53 Å². The minimum Gasteiger partial charge on any atom is -0.469 e. The Balaban J connectivity index is 2.29. The van der Waals surface area contributed by atoms with Crippen LogP contribution in [0.3, 0.4) is 0 Å². The summed E-state index contributed by atoms with van der Waals surface area (Å²) in [6.07, 6.45) is 21.5. The number of esters is 1. The highest BCUT2D eigenvalue weighted by atomic mass is 16.5. The van der Waals surface area contributed by atoms with Gasteiger partial charge in [0.15, 0.2) is 0 Å². The molecule has 1 unspecified atom stereocenters. The first-order valence-corrected chi connectivity index (χ1v) is 12.0. The van der Waals surface area contributed by atoms with E-state index in [1.165, 1.54) is 69.6 Å². The molecule has 0 saturated heterocycles. The van der Waals surface area contributed by atoms with Crippen molar-refractivity contribution >= 4 is 12.2 Å². The van der Waals surface area contributed by atoms with Crippen LogP contribution in [-0.4, -0.2) is 25.3 Å². The number of ether oxygens (including phenoxy) is 1. The fraction of sp³-hybridized carbons (Fsp3) is 0.630. The molecule has 1 rings (SSSR count). The SMILES string of the molecule is CCCCCCC(C/C=C\CCCCCCCC(=O)OC)N=Cc1cccc(C)c1. The van der Waals surface area contributed by atoms with Gasteiger partial charge in [0.05, 0.1) is 13.2 Å². The van der Waals surface area contributed by atoms with Crippen LogP contribution in [0.5, 0.6) is 0 Å². The van der Waals surface area contributed by atoms with Gasteiger partial charge in [0, 0.05) is 12.6 Å². The Morgan fingerprint density at radius 3 is 2.57 bits per heavy atom. The summed E-state index contributed by atoms with van der Waals surface area (Å²) >= 11 is 0. The molecular weight excluding hydrogens is 370 g/mol. The normalized spacial score (nSPS) is 12.6. The van der Waals surface area contributed by atoms with E-state index in [4.69, 9.17) is 4.99 Å². The first-order chi connectivity index (χ1) is 14.7. The number of nitrogens with zero attached hydrogens (tertiary/aromatic N) is 1. The minimum absolute atomic E-state index is 0.0905. The predicted octanol–water partition coefficient (Wildman–Crippen LogP) is 7.60. The molecule has 0 heterocycles. The number of carbonyl (C=O) groups excluding carboxylic acids is 1. The average Bonchev–Trinajstić information content (AvgIpc) is 2.75. The number of aryl methyl sites for hydroxylation is 1. The van der Waals surface area contributed by atoms with Gasteiger partial charge in [-0.2, -0.15) is 0 Å². The van der Waals surface area contributed by atoms with Crippen molar-refractivity contribution in [3.8, 4) is 0 Å². The van der Waals surface area contributed by atoms with Crippen LogP contribution in [0.4, 0.5) is 0 Å². The molecule has 0 aromatic heterocycles. The molecule has 168 valence electrons. The molecule has 1 aromatic rings. The lowest BCUT2D eigenvalue weighted by Crippen LogP contribution is -2.04. The number of aliphatic imine (C=N–C) groups is 1. The molecule has 0 N–H and O–H groups in total. The van der Waals surface area contributed by atoms with Gasteiger partial charge in [-0.05, 0) is 44.6 Å². The van der Waals surface area contributed by atoms with Gasteiger partial charge in [0.1, 0.15) is 0 Å². The van der Waals surface area contributed by atoms with Crippen molar-refractivity contribution in [2.45, 2.75) is 103 Å². The molecule has 0 saturated carbocycles. The van der Waals surface area contributed by atoms with Crippen molar-refractivity contribution in [2.75, 3.05) is 7.11 Å². The summed E-state index contributed by atoms with van der Waals surface area (Å²) < 4.78 is 4.67. The molecule has 0 aliphatic heterocycles. The summed E-state index contributed by atoms with van der Waals surface area (Å²) in [5.74, 6) is -0.0905. The van der Waals surface area contributed by atoms with Crippen LogP contribution in [0.15, 0.2) is 41.4 Å². The topological polar surface area (TPSA) is 38.7 Å². The van der Waals surface area contributed by atoms with Crippen molar-refractivity contribution in [1.82, 2.24) is 0 Å². The Bertz CT molecular complexity index is 621. The van der Waals surface area contributed by atoms with Crippen molar-refractivity contribution in [3.05, 3.63) is 47.5 Å². The van der Waals surface area contributed by atoms with E-state index in [2.05, 4.69) is 61.2 Å². The number of methoxy groups -OCH3 is 1. The smallest absolute Gasteiger partial charge is 0.305 e. The highest BCUT2D eigenvalue weighted by Gasteiger charge is 2.04. The quantitative estimate of drug-likeness (QED) is 0.114. The maximum absolute atomic E-state index is 11.1. The van der Waals surface area contributed by atoms with E-state index >= 15 is 0 Å². The van der Waals surface area contributed by atoms with Crippen LogP contribution >= 0.6 is 0 Å². The Kier molecular flexibility index (Phi) is 15.6. The minimum atomic E-state index is -0.0905. The Hall–Kier alpha value is -1.90. The van der Waals surface area contributed by atoms with E-state index in [1.54, 1.807) is 0 Å². The summed E-state index contributed by atoms with van der Waals surface area (Å²) in [7, 11) is 1.46. The highest BCUT2D eigenvalue weighted by molar-refractivity contribution is 5.79. The molecule has 0 bridgehead atoms. The Labute approximate surface area is 185 Å². The summed E-state index contributed by atoms with van der Waals surface area (Å²) in [5, 5.41) is 0. The van der Waals surface area contributed by atoms with E-state index in [9.17, 15) is 4.79 Å². The van der Waals surface area contributed by atoms with Gasteiger partial charge in [-0.25, -0.2) is 0 Å². The molecule has 30 heavy (non-hydrogen) atoms. The first-order valence-electron chi connectivity index (χ1n) is 12.0. The fourth-order valence-electron chi connectivity index (χ4n) is 3.54. The van der Waals surface area contributed by atoms with E-state index in [0.717, 1.165) is 25.7 Å². The van der Waals surface area contributed by atoms with Crippen LogP contribution in [0.1, 0.15) is 102 Å². The van der Waals surface area contributed by atoms with Gasteiger partial charge in [-0.15, -0.1) is 0 Å². The predicted molar refractivity (Wildman–Crippen MR) is 129 cm³/mol. The van der Waals surface area contributed by atoms with Gasteiger partial charge in [0.2, 0.25) is 0 Å². The van der Waals surface area contributed by atoms with Gasteiger partial charge in [-0.3, -0.25) is 9.79 Å². The van der Waals surface area contributed by atoms with E-state index in [1.807, 2.05) is 0 Å².